The van der Waals surface area contributed by atoms with E-state index in [1.165, 1.54) is 13.0 Å². The molecule has 64 valence electrons. The third kappa shape index (κ3) is 1.81. The summed E-state index contributed by atoms with van der Waals surface area (Å²) in [6, 6.07) is 1.35. The number of nitrogens with zero attached hydrogens (tertiary/aromatic N) is 2. The van der Waals surface area contributed by atoms with Crippen LogP contribution in [0.15, 0.2) is 6.07 Å². The van der Waals surface area contributed by atoms with Gasteiger partial charge in [0.15, 0.2) is 12.1 Å². The first-order valence-electron chi connectivity index (χ1n) is 3.22. The summed E-state index contributed by atoms with van der Waals surface area (Å²) in [4.78, 5) is 17.0. The molecule has 0 aliphatic carbocycles. The number of aromatic nitrogens is 2. The molecule has 1 aromatic heterocycles. The Hall–Kier alpha value is -1.39. The lowest BCUT2D eigenvalue weighted by atomic mass is 10.3. The van der Waals surface area contributed by atoms with Gasteiger partial charge in [-0.1, -0.05) is 0 Å². The van der Waals surface area contributed by atoms with Gasteiger partial charge in [-0.15, -0.1) is 0 Å². The predicted molar refractivity (Wildman–Crippen MR) is 37.1 cm³/mol. The van der Waals surface area contributed by atoms with Crippen molar-refractivity contribution in [3.8, 4) is 0 Å². The van der Waals surface area contributed by atoms with Crippen molar-refractivity contribution >= 4 is 6.29 Å². The third-order valence-electron chi connectivity index (χ3n) is 1.21. The zero-order valence-corrected chi connectivity index (χ0v) is 6.29. The van der Waals surface area contributed by atoms with E-state index in [9.17, 15) is 13.6 Å². The van der Waals surface area contributed by atoms with Crippen LogP contribution >= 0.6 is 0 Å². The van der Waals surface area contributed by atoms with E-state index in [4.69, 9.17) is 0 Å². The number of halogens is 2. The smallest absolute Gasteiger partial charge is 0.296 e. The van der Waals surface area contributed by atoms with Crippen molar-refractivity contribution in [3.63, 3.8) is 0 Å². The van der Waals surface area contributed by atoms with Gasteiger partial charge in [0.2, 0.25) is 0 Å². The SMILES string of the molecule is Cc1cc(C=O)nc(C(F)F)n1. The maximum absolute atomic E-state index is 12.0. The Bertz CT molecular complexity index is 301. The van der Waals surface area contributed by atoms with Gasteiger partial charge in [-0.25, -0.2) is 18.7 Å². The van der Waals surface area contributed by atoms with Gasteiger partial charge in [-0.3, -0.25) is 4.79 Å². The van der Waals surface area contributed by atoms with E-state index < -0.39 is 12.2 Å². The maximum atomic E-state index is 12.0. The second kappa shape index (κ2) is 3.34. The molecule has 5 heteroatoms. The number of hydrogen-bond acceptors (Lipinski definition) is 3. The third-order valence-corrected chi connectivity index (χ3v) is 1.21. The Kier molecular flexibility index (Phi) is 2.42. The summed E-state index contributed by atoms with van der Waals surface area (Å²) in [5, 5.41) is 0. The number of aldehydes is 1. The molecule has 0 saturated carbocycles. The van der Waals surface area contributed by atoms with Crippen LogP contribution in [0.4, 0.5) is 8.78 Å². The zero-order chi connectivity index (χ0) is 9.14. The Morgan fingerprint density at radius 3 is 2.67 bits per heavy atom. The van der Waals surface area contributed by atoms with Crippen LogP contribution in [-0.2, 0) is 0 Å². The van der Waals surface area contributed by atoms with Gasteiger partial charge < -0.3 is 0 Å². The normalized spacial score (nSPS) is 10.3. The first-order valence-corrected chi connectivity index (χ1v) is 3.22. The minimum atomic E-state index is -2.73. The fraction of sp³-hybridized carbons (Fsp3) is 0.286. The lowest BCUT2D eigenvalue weighted by molar-refractivity contribution is 0.111. The Labute approximate surface area is 67.5 Å². The van der Waals surface area contributed by atoms with Gasteiger partial charge in [0, 0.05) is 5.69 Å². The highest BCUT2D eigenvalue weighted by Gasteiger charge is 2.11. The summed E-state index contributed by atoms with van der Waals surface area (Å²) in [6.07, 6.45) is -2.32. The van der Waals surface area contributed by atoms with E-state index in [1.54, 1.807) is 0 Å². The van der Waals surface area contributed by atoms with Crippen LogP contribution < -0.4 is 0 Å². The largest absolute Gasteiger partial charge is 0.297 e. The van der Waals surface area contributed by atoms with Crippen LogP contribution in [0.3, 0.4) is 0 Å². The topological polar surface area (TPSA) is 42.9 Å². The maximum Gasteiger partial charge on any atom is 0.297 e. The molecule has 0 N–H and O–H groups in total. The molecule has 0 radical (unpaired) electrons. The second-order valence-corrected chi connectivity index (χ2v) is 2.21. The van der Waals surface area contributed by atoms with Crippen molar-refractivity contribution in [2.75, 3.05) is 0 Å². The predicted octanol–water partition coefficient (Wildman–Crippen LogP) is 1.54. The van der Waals surface area contributed by atoms with Crippen molar-refractivity contribution < 1.29 is 13.6 Å². The highest BCUT2D eigenvalue weighted by molar-refractivity contribution is 5.71. The molecule has 0 unspecified atom stereocenters. The Morgan fingerprint density at radius 2 is 2.17 bits per heavy atom. The van der Waals surface area contributed by atoms with Gasteiger partial charge in [0.1, 0.15) is 5.69 Å². The average Bonchev–Trinajstić information content (AvgIpc) is 2.03. The summed E-state index contributed by atoms with van der Waals surface area (Å²) in [5.41, 5.74) is 0.347. The van der Waals surface area contributed by atoms with Crippen molar-refractivity contribution in [3.05, 3.63) is 23.3 Å². The molecule has 0 atom stereocenters. The van der Waals surface area contributed by atoms with Gasteiger partial charge in [-0.05, 0) is 13.0 Å². The number of carbonyl (C=O) groups excluding carboxylic acids is 1. The van der Waals surface area contributed by atoms with Crippen LogP contribution in [0.5, 0.6) is 0 Å². The molecule has 3 nitrogen and oxygen atoms in total. The van der Waals surface area contributed by atoms with Gasteiger partial charge in [-0.2, -0.15) is 0 Å². The van der Waals surface area contributed by atoms with E-state index in [2.05, 4.69) is 9.97 Å². The number of alkyl halides is 2. The summed E-state index contributed by atoms with van der Waals surface area (Å²) >= 11 is 0. The fourth-order valence-electron chi connectivity index (χ4n) is 0.774. The van der Waals surface area contributed by atoms with Crippen molar-refractivity contribution in [2.24, 2.45) is 0 Å². The molecule has 0 aliphatic heterocycles. The molecule has 1 rings (SSSR count). The molecule has 0 fully saturated rings. The summed E-state index contributed by atoms with van der Waals surface area (Å²) in [6.45, 7) is 1.53. The zero-order valence-electron chi connectivity index (χ0n) is 6.29. The minimum Gasteiger partial charge on any atom is -0.296 e. The van der Waals surface area contributed by atoms with Gasteiger partial charge in [0.25, 0.3) is 6.43 Å². The van der Waals surface area contributed by atoms with Crippen molar-refractivity contribution in [1.82, 2.24) is 9.97 Å². The lowest BCUT2D eigenvalue weighted by Crippen LogP contribution is -2.00. The Balaban J connectivity index is 3.14. The minimum absolute atomic E-state index is 0.0159. The molecule has 1 aromatic rings. The summed E-state index contributed by atoms with van der Waals surface area (Å²) in [7, 11) is 0. The van der Waals surface area contributed by atoms with Crippen LogP contribution in [-0.4, -0.2) is 16.3 Å². The molecule has 12 heavy (non-hydrogen) atoms. The quantitative estimate of drug-likeness (QED) is 0.635. The lowest BCUT2D eigenvalue weighted by Gasteiger charge is -1.99. The second-order valence-electron chi connectivity index (χ2n) is 2.21. The van der Waals surface area contributed by atoms with Crippen molar-refractivity contribution in [1.29, 1.82) is 0 Å². The average molecular weight is 172 g/mol. The summed E-state index contributed by atoms with van der Waals surface area (Å²) < 4.78 is 24.0. The van der Waals surface area contributed by atoms with Crippen molar-refractivity contribution in [2.45, 2.75) is 13.3 Å². The van der Waals surface area contributed by atoms with Crippen LogP contribution in [0.1, 0.15) is 28.4 Å². The number of rotatable bonds is 2. The molecule has 0 amide bonds. The van der Waals surface area contributed by atoms with Gasteiger partial charge >= 0.3 is 0 Å². The van der Waals surface area contributed by atoms with E-state index in [0.29, 0.717) is 12.0 Å². The Morgan fingerprint density at radius 1 is 1.50 bits per heavy atom. The number of hydrogen-bond donors (Lipinski definition) is 0. The monoisotopic (exact) mass is 172 g/mol. The molecular weight excluding hydrogens is 166 g/mol. The molecule has 1 heterocycles. The standard InChI is InChI=1S/C7H6F2N2O/c1-4-2-5(3-12)11-7(10-4)6(8)9/h2-3,6H,1H3. The summed E-state index contributed by atoms with van der Waals surface area (Å²) in [5.74, 6) is -0.600. The van der Waals surface area contributed by atoms with Crippen LogP contribution in [0.25, 0.3) is 0 Å². The number of carbonyl (C=O) groups is 1. The first-order chi connectivity index (χ1) is 5.63. The first kappa shape index (κ1) is 8.70. The van der Waals surface area contributed by atoms with Gasteiger partial charge in [0.05, 0.1) is 0 Å². The highest BCUT2D eigenvalue weighted by atomic mass is 19.3. The highest BCUT2D eigenvalue weighted by Crippen LogP contribution is 2.14. The molecule has 0 aliphatic rings. The molecule has 0 spiro atoms. The molecule has 0 bridgehead atoms. The molecule has 0 aromatic carbocycles. The van der Waals surface area contributed by atoms with E-state index >= 15 is 0 Å². The molecule has 0 saturated heterocycles. The number of aryl methyl sites for hydroxylation is 1. The van der Waals surface area contributed by atoms with E-state index in [0.717, 1.165) is 0 Å². The van der Waals surface area contributed by atoms with Crippen LogP contribution in [0, 0.1) is 6.92 Å². The van der Waals surface area contributed by atoms with E-state index in [1.807, 2.05) is 0 Å². The fourth-order valence-corrected chi connectivity index (χ4v) is 0.774. The molecular formula is C7H6F2N2O. The van der Waals surface area contributed by atoms with E-state index in [-0.39, 0.29) is 5.69 Å². The van der Waals surface area contributed by atoms with Crippen LogP contribution in [0.2, 0.25) is 0 Å².